The van der Waals surface area contributed by atoms with Crippen LogP contribution >= 0.6 is 11.6 Å². The third kappa shape index (κ3) is 4.19. The number of hydrogen-bond donors (Lipinski definition) is 2. The third-order valence-corrected chi connectivity index (χ3v) is 5.39. The second kappa shape index (κ2) is 6.43. The average Bonchev–Trinajstić information content (AvgIpc) is 3.15. The number of hydrogen-bond acceptors (Lipinski definition) is 3. The van der Waals surface area contributed by atoms with Gasteiger partial charge in [0.2, 0.25) is 10.0 Å². The van der Waals surface area contributed by atoms with Crippen molar-refractivity contribution in [1.29, 1.82) is 0 Å². The van der Waals surface area contributed by atoms with Crippen LogP contribution in [0.15, 0.2) is 23.1 Å². The fourth-order valence-corrected chi connectivity index (χ4v) is 3.77. The lowest BCUT2D eigenvalue weighted by atomic mass is 10.2. The second-order valence-electron chi connectivity index (χ2n) is 5.48. The Kier molecular flexibility index (Phi) is 5.07. The fraction of sp³-hybridized carbons (Fsp3) is 0.571. The van der Waals surface area contributed by atoms with Gasteiger partial charge in [0.1, 0.15) is 0 Å². The molecular formula is C14H21ClN2O2S. The van der Waals surface area contributed by atoms with Gasteiger partial charge in [-0.1, -0.05) is 24.4 Å². The number of halogens is 1. The Labute approximate surface area is 126 Å². The summed E-state index contributed by atoms with van der Waals surface area (Å²) in [5, 5.41) is 3.55. The molecule has 1 aromatic carbocycles. The third-order valence-electron chi connectivity index (χ3n) is 3.43. The molecule has 1 atom stereocenters. The van der Waals surface area contributed by atoms with Crippen LogP contribution in [0.5, 0.6) is 0 Å². The molecule has 6 heteroatoms. The van der Waals surface area contributed by atoms with E-state index in [1.54, 1.807) is 25.2 Å². The highest BCUT2D eigenvalue weighted by atomic mass is 35.5. The van der Waals surface area contributed by atoms with E-state index in [4.69, 9.17) is 11.6 Å². The molecule has 2 rings (SSSR count). The zero-order valence-electron chi connectivity index (χ0n) is 11.8. The first-order chi connectivity index (χ1) is 9.42. The van der Waals surface area contributed by atoms with Crippen molar-refractivity contribution in [2.75, 3.05) is 7.05 Å². The summed E-state index contributed by atoms with van der Waals surface area (Å²) in [6.07, 6.45) is 3.36. The SMILES string of the molecule is CNCc1cc(S(=O)(=O)NC(C)CC2CC2)ccc1Cl. The molecule has 1 fully saturated rings. The van der Waals surface area contributed by atoms with E-state index in [9.17, 15) is 8.42 Å². The number of sulfonamides is 1. The highest BCUT2D eigenvalue weighted by Crippen LogP contribution is 2.33. The maximum Gasteiger partial charge on any atom is 0.240 e. The first kappa shape index (κ1) is 15.8. The first-order valence-corrected chi connectivity index (χ1v) is 8.74. The van der Waals surface area contributed by atoms with Crippen LogP contribution in [-0.2, 0) is 16.6 Å². The molecule has 112 valence electrons. The Balaban J connectivity index is 2.13. The summed E-state index contributed by atoms with van der Waals surface area (Å²) in [6, 6.07) is 4.78. The summed E-state index contributed by atoms with van der Waals surface area (Å²) in [4.78, 5) is 0.273. The molecule has 20 heavy (non-hydrogen) atoms. The van der Waals surface area contributed by atoms with Crippen LogP contribution in [0.4, 0.5) is 0 Å². The van der Waals surface area contributed by atoms with E-state index in [1.807, 2.05) is 6.92 Å². The maximum absolute atomic E-state index is 12.3. The van der Waals surface area contributed by atoms with Gasteiger partial charge in [-0.15, -0.1) is 0 Å². The predicted octanol–water partition coefficient (Wildman–Crippen LogP) is 2.53. The second-order valence-corrected chi connectivity index (χ2v) is 7.61. The summed E-state index contributed by atoms with van der Waals surface area (Å²) in [5.74, 6) is 0.692. The smallest absolute Gasteiger partial charge is 0.240 e. The highest BCUT2D eigenvalue weighted by Gasteiger charge is 2.26. The minimum atomic E-state index is -3.47. The predicted molar refractivity (Wildman–Crippen MR) is 81.3 cm³/mol. The monoisotopic (exact) mass is 316 g/mol. The van der Waals surface area contributed by atoms with Gasteiger partial charge in [-0.25, -0.2) is 13.1 Å². The molecule has 1 unspecified atom stereocenters. The van der Waals surface area contributed by atoms with Crippen LogP contribution in [0.2, 0.25) is 5.02 Å². The van der Waals surface area contributed by atoms with Gasteiger partial charge < -0.3 is 5.32 Å². The average molecular weight is 317 g/mol. The van der Waals surface area contributed by atoms with Crippen LogP contribution in [0.25, 0.3) is 0 Å². The van der Waals surface area contributed by atoms with Gasteiger partial charge in [-0.2, -0.15) is 0 Å². The molecule has 1 aromatic rings. The zero-order valence-corrected chi connectivity index (χ0v) is 13.4. The van der Waals surface area contributed by atoms with Crippen molar-refractivity contribution in [3.63, 3.8) is 0 Å². The molecule has 0 saturated heterocycles. The lowest BCUT2D eigenvalue weighted by Gasteiger charge is -2.15. The van der Waals surface area contributed by atoms with Crippen molar-refractivity contribution >= 4 is 21.6 Å². The van der Waals surface area contributed by atoms with Gasteiger partial charge in [0.25, 0.3) is 0 Å². The largest absolute Gasteiger partial charge is 0.316 e. The van der Waals surface area contributed by atoms with E-state index >= 15 is 0 Å². The lowest BCUT2D eigenvalue weighted by Crippen LogP contribution is -2.33. The molecule has 0 amide bonds. The molecule has 0 heterocycles. The molecule has 4 nitrogen and oxygen atoms in total. The molecule has 1 saturated carbocycles. The van der Waals surface area contributed by atoms with E-state index < -0.39 is 10.0 Å². The van der Waals surface area contributed by atoms with Crippen molar-refractivity contribution in [3.8, 4) is 0 Å². The maximum atomic E-state index is 12.3. The number of nitrogens with one attached hydrogen (secondary N) is 2. The normalized spacial score (nSPS) is 17.1. The minimum Gasteiger partial charge on any atom is -0.316 e. The van der Waals surface area contributed by atoms with Gasteiger partial charge in [0, 0.05) is 17.6 Å². The molecule has 0 radical (unpaired) electrons. The highest BCUT2D eigenvalue weighted by molar-refractivity contribution is 7.89. The molecule has 1 aliphatic rings. The van der Waals surface area contributed by atoms with Crippen LogP contribution in [0.1, 0.15) is 31.7 Å². The van der Waals surface area contributed by atoms with E-state index in [0.717, 1.165) is 12.0 Å². The summed E-state index contributed by atoms with van der Waals surface area (Å²) in [5.41, 5.74) is 0.784. The summed E-state index contributed by atoms with van der Waals surface area (Å²) >= 11 is 6.05. The number of rotatable bonds is 7. The molecule has 1 aliphatic carbocycles. The number of benzene rings is 1. The van der Waals surface area contributed by atoms with E-state index in [1.165, 1.54) is 12.8 Å². The molecule has 0 aliphatic heterocycles. The quantitative estimate of drug-likeness (QED) is 0.812. The van der Waals surface area contributed by atoms with Crippen molar-refractivity contribution in [3.05, 3.63) is 28.8 Å². The van der Waals surface area contributed by atoms with E-state index in [2.05, 4.69) is 10.0 Å². The topological polar surface area (TPSA) is 58.2 Å². The van der Waals surface area contributed by atoms with Gasteiger partial charge in [0.05, 0.1) is 4.90 Å². The summed E-state index contributed by atoms with van der Waals surface area (Å²) < 4.78 is 27.4. The lowest BCUT2D eigenvalue weighted by molar-refractivity contribution is 0.530. The molecular weight excluding hydrogens is 296 g/mol. The van der Waals surface area contributed by atoms with E-state index in [0.29, 0.717) is 17.5 Å². The van der Waals surface area contributed by atoms with Crippen molar-refractivity contribution < 1.29 is 8.42 Å². The van der Waals surface area contributed by atoms with Gasteiger partial charge in [0.15, 0.2) is 0 Å². The summed E-state index contributed by atoms with van der Waals surface area (Å²) in [7, 11) is -1.67. The standard InChI is InChI=1S/C14H21ClN2O2S/c1-10(7-11-3-4-11)17-20(18,19)13-5-6-14(15)12(8-13)9-16-2/h5-6,8,10-11,16-17H,3-4,7,9H2,1-2H3. The van der Waals surface area contributed by atoms with Gasteiger partial charge >= 0.3 is 0 Å². The first-order valence-electron chi connectivity index (χ1n) is 6.87. The Morgan fingerprint density at radius 2 is 2.10 bits per heavy atom. The van der Waals surface area contributed by atoms with Gasteiger partial charge in [-0.05, 0) is 50.1 Å². The van der Waals surface area contributed by atoms with Crippen LogP contribution < -0.4 is 10.0 Å². The van der Waals surface area contributed by atoms with Crippen molar-refractivity contribution in [2.24, 2.45) is 5.92 Å². The van der Waals surface area contributed by atoms with Crippen molar-refractivity contribution in [1.82, 2.24) is 10.0 Å². The Hall–Kier alpha value is -0.620. The van der Waals surface area contributed by atoms with Crippen LogP contribution in [0, 0.1) is 5.92 Å². The Morgan fingerprint density at radius 3 is 2.70 bits per heavy atom. The van der Waals surface area contributed by atoms with E-state index in [-0.39, 0.29) is 10.9 Å². The molecule has 2 N–H and O–H groups in total. The Bertz CT molecular complexity index is 571. The molecule has 0 bridgehead atoms. The minimum absolute atomic E-state index is 0.0315. The molecule has 0 spiro atoms. The van der Waals surface area contributed by atoms with Crippen molar-refractivity contribution in [2.45, 2.75) is 43.7 Å². The Morgan fingerprint density at radius 1 is 1.40 bits per heavy atom. The zero-order chi connectivity index (χ0) is 14.8. The summed E-state index contributed by atoms with van der Waals surface area (Å²) in [6.45, 7) is 2.46. The fourth-order valence-electron chi connectivity index (χ4n) is 2.28. The van der Waals surface area contributed by atoms with Gasteiger partial charge in [-0.3, -0.25) is 0 Å². The van der Waals surface area contributed by atoms with Crippen LogP contribution in [0.3, 0.4) is 0 Å². The molecule has 0 aromatic heterocycles. The van der Waals surface area contributed by atoms with Crippen LogP contribution in [-0.4, -0.2) is 21.5 Å².